The van der Waals surface area contributed by atoms with Crippen molar-refractivity contribution in [1.29, 1.82) is 0 Å². The number of nitrogens with zero attached hydrogens (tertiary/aromatic N) is 3. The van der Waals surface area contributed by atoms with E-state index < -0.39 is 11.7 Å². The number of aromatic nitrogens is 2. The third-order valence-corrected chi connectivity index (χ3v) is 6.60. The number of hydrogen-bond acceptors (Lipinski definition) is 5. The highest BCUT2D eigenvalue weighted by atomic mass is 19.1. The van der Waals surface area contributed by atoms with Crippen LogP contribution < -0.4 is 9.47 Å². The highest BCUT2D eigenvalue weighted by molar-refractivity contribution is 5.94. The minimum atomic E-state index is -0.560. The normalized spacial score (nSPS) is 14.9. The molecule has 1 saturated heterocycles. The summed E-state index contributed by atoms with van der Waals surface area (Å²) >= 11 is 0. The Morgan fingerprint density at radius 3 is 2.47 bits per heavy atom. The van der Waals surface area contributed by atoms with Crippen molar-refractivity contribution in [2.75, 3.05) is 20.3 Å². The molecule has 1 aliphatic heterocycles. The van der Waals surface area contributed by atoms with Crippen LogP contribution in [-0.2, 0) is 18.3 Å². The van der Waals surface area contributed by atoms with Crippen molar-refractivity contribution < 1.29 is 23.4 Å². The second-order valence-corrected chi connectivity index (χ2v) is 9.18. The molecule has 0 N–H and O–H groups in total. The summed E-state index contributed by atoms with van der Waals surface area (Å²) in [6.07, 6.45) is 1.64. The van der Waals surface area contributed by atoms with Crippen LogP contribution in [0.15, 0.2) is 78.9 Å². The first-order valence-electron chi connectivity index (χ1n) is 12.6. The van der Waals surface area contributed by atoms with Crippen molar-refractivity contribution in [3.63, 3.8) is 0 Å². The Hall–Kier alpha value is -4.17. The molecule has 0 unspecified atom stereocenters. The number of amides is 1. The molecule has 1 aromatic heterocycles. The summed E-state index contributed by atoms with van der Waals surface area (Å²) in [5.74, 6) is 0.580. The van der Waals surface area contributed by atoms with Crippen molar-refractivity contribution in [2.45, 2.75) is 25.5 Å². The van der Waals surface area contributed by atoms with Gasteiger partial charge in [0.05, 0.1) is 30.9 Å². The van der Waals surface area contributed by atoms with Crippen molar-refractivity contribution in [2.24, 2.45) is 7.05 Å². The van der Waals surface area contributed by atoms with Gasteiger partial charge in [0.2, 0.25) is 5.88 Å². The van der Waals surface area contributed by atoms with E-state index in [1.54, 1.807) is 35.9 Å². The molecule has 4 aromatic rings. The molecular weight excluding hydrogens is 485 g/mol. The van der Waals surface area contributed by atoms with Gasteiger partial charge in [-0.1, -0.05) is 54.6 Å². The van der Waals surface area contributed by atoms with Crippen molar-refractivity contribution in [3.8, 4) is 28.6 Å². The van der Waals surface area contributed by atoms with Gasteiger partial charge in [-0.25, -0.2) is 9.07 Å². The fourth-order valence-electron chi connectivity index (χ4n) is 4.71. The molecule has 0 aliphatic carbocycles. The predicted molar refractivity (Wildman–Crippen MR) is 142 cm³/mol. The maximum absolute atomic E-state index is 14.7. The first kappa shape index (κ1) is 25.5. The molecule has 0 spiro atoms. The number of carbonyl (C=O) groups is 1. The Balaban J connectivity index is 1.59. The van der Waals surface area contributed by atoms with Crippen LogP contribution in [0, 0.1) is 5.82 Å². The van der Waals surface area contributed by atoms with Crippen LogP contribution >= 0.6 is 0 Å². The second kappa shape index (κ2) is 11.5. The lowest BCUT2D eigenvalue weighted by Gasteiger charge is -2.26. The highest BCUT2D eigenvalue weighted by Crippen LogP contribution is 2.37. The maximum Gasteiger partial charge on any atom is 0.257 e. The zero-order valence-electron chi connectivity index (χ0n) is 21.5. The molecular formula is C30H30FN3O4. The molecule has 0 saturated carbocycles. The fraction of sp³-hybridized carbons (Fsp3) is 0.267. The molecule has 1 atom stereocenters. The Bertz CT molecular complexity index is 1400. The lowest BCUT2D eigenvalue weighted by molar-refractivity contribution is 0.0502. The summed E-state index contributed by atoms with van der Waals surface area (Å²) in [4.78, 5) is 15.4. The maximum atomic E-state index is 14.7. The van der Waals surface area contributed by atoms with E-state index in [9.17, 15) is 9.18 Å². The van der Waals surface area contributed by atoms with Gasteiger partial charge in [-0.3, -0.25) is 4.79 Å². The summed E-state index contributed by atoms with van der Waals surface area (Å²) in [6, 6.07) is 23.1. The van der Waals surface area contributed by atoms with E-state index in [1.165, 1.54) is 12.1 Å². The Kier molecular flexibility index (Phi) is 7.70. The predicted octanol–water partition coefficient (Wildman–Crippen LogP) is 5.85. The number of ether oxygens (including phenoxy) is 3. The monoisotopic (exact) mass is 515 g/mol. The SMILES string of the molecule is COc1ccccc1Oc1c(CN(C[C@@H]2CCCO2)C(=O)c2ccccc2F)c(-c2ccccc2)nn1C. The van der Waals surface area contributed by atoms with Gasteiger partial charge in [-0.15, -0.1) is 0 Å². The number of benzene rings is 3. The average molecular weight is 516 g/mol. The van der Waals surface area contributed by atoms with Crippen molar-refractivity contribution in [3.05, 3.63) is 95.8 Å². The van der Waals surface area contributed by atoms with Crippen LogP contribution in [0.1, 0.15) is 28.8 Å². The van der Waals surface area contributed by atoms with Crippen LogP contribution in [-0.4, -0.2) is 47.0 Å². The zero-order valence-corrected chi connectivity index (χ0v) is 21.5. The molecule has 5 rings (SSSR count). The molecule has 1 amide bonds. The summed E-state index contributed by atoms with van der Waals surface area (Å²) in [6.45, 7) is 1.12. The van der Waals surface area contributed by atoms with Crippen LogP contribution in [0.2, 0.25) is 0 Å². The molecule has 196 valence electrons. The Labute approximate surface area is 221 Å². The van der Waals surface area contributed by atoms with E-state index in [0.29, 0.717) is 41.8 Å². The van der Waals surface area contributed by atoms with Gasteiger partial charge in [0.25, 0.3) is 5.91 Å². The number of aryl methyl sites for hydroxylation is 1. The lowest BCUT2D eigenvalue weighted by atomic mass is 10.1. The fourth-order valence-corrected chi connectivity index (χ4v) is 4.71. The molecule has 7 nitrogen and oxygen atoms in total. The number of carbonyl (C=O) groups excluding carboxylic acids is 1. The number of hydrogen-bond donors (Lipinski definition) is 0. The van der Waals surface area contributed by atoms with E-state index >= 15 is 0 Å². The summed E-state index contributed by atoms with van der Waals surface area (Å²) in [7, 11) is 3.38. The number of halogens is 1. The second-order valence-electron chi connectivity index (χ2n) is 9.18. The molecule has 8 heteroatoms. The zero-order chi connectivity index (χ0) is 26.5. The molecule has 2 heterocycles. The van der Waals surface area contributed by atoms with Crippen LogP contribution in [0.5, 0.6) is 17.4 Å². The van der Waals surface area contributed by atoms with E-state index in [0.717, 1.165) is 18.4 Å². The minimum absolute atomic E-state index is 0.0165. The van der Waals surface area contributed by atoms with Gasteiger partial charge in [-0.05, 0) is 37.1 Å². The topological polar surface area (TPSA) is 65.8 Å². The van der Waals surface area contributed by atoms with Crippen LogP contribution in [0.25, 0.3) is 11.3 Å². The van der Waals surface area contributed by atoms with Crippen molar-refractivity contribution >= 4 is 5.91 Å². The largest absolute Gasteiger partial charge is 0.493 e. The van der Waals surface area contributed by atoms with E-state index in [4.69, 9.17) is 19.3 Å². The molecule has 0 bridgehead atoms. The number of methoxy groups -OCH3 is 1. The van der Waals surface area contributed by atoms with E-state index in [1.807, 2.05) is 54.6 Å². The molecule has 0 radical (unpaired) electrons. The van der Waals surface area contributed by atoms with Gasteiger partial charge in [0, 0.05) is 25.8 Å². The highest BCUT2D eigenvalue weighted by Gasteiger charge is 2.29. The van der Waals surface area contributed by atoms with Crippen LogP contribution in [0.4, 0.5) is 4.39 Å². The Morgan fingerprint density at radius 2 is 1.76 bits per heavy atom. The van der Waals surface area contributed by atoms with Crippen molar-refractivity contribution in [1.82, 2.24) is 14.7 Å². The van der Waals surface area contributed by atoms with E-state index in [-0.39, 0.29) is 18.2 Å². The molecule has 1 aliphatic rings. The smallest absolute Gasteiger partial charge is 0.257 e. The lowest BCUT2D eigenvalue weighted by Crippen LogP contribution is -2.37. The number of para-hydroxylation sites is 2. The summed E-state index contributed by atoms with van der Waals surface area (Å²) < 4.78 is 34.1. The third-order valence-electron chi connectivity index (χ3n) is 6.60. The third kappa shape index (κ3) is 5.40. The standard InChI is InChI=1S/C30H30FN3O4/c1-33-30(38-27-17-9-8-16-26(27)36-2)24(28(32-33)21-11-4-3-5-12-21)20-34(19-22-13-10-18-37-22)29(35)23-14-6-7-15-25(23)31/h3-9,11-12,14-17,22H,10,13,18-20H2,1-2H3/t22-/m0/s1. The average Bonchev–Trinajstić information content (AvgIpc) is 3.57. The Morgan fingerprint density at radius 1 is 1.05 bits per heavy atom. The van der Waals surface area contributed by atoms with Gasteiger partial charge in [0.15, 0.2) is 11.5 Å². The molecule has 3 aromatic carbocycles. The summed E-state index contributed by atoms with van der Waals surface area (Å²) in [5.41, 5.74) is 2.27. The van der Waals surface area contributed by atoms with Gasteiger partial charge in [-0.2, -0.15) is 5.10 Å². The molecule has 38 heavy (non-hydrogen) atoms. The summed E-state index contributed by atoms with van der Waals surface area (Å²) in [5, 5.41) is 4.77. The first-order valence-corrected chi connectivity index (χ1v) is 12.6. The van der Waals surface area contributed by atoms with E-state index in [2.05, 4.69) is 0 Å². The quantitative estimate of drug-likeness (QED) is 0.280. The van der Waals surface area contributed by atoms with Gasteiger partial charge in [0.1, 0.15) is 11.5 Å². The van der Waals surface area contributed by atoms with Gasteiger partial charge >= 0.3 is 0 Å². The van der Waals surface area contributed by atoms with Gasteiger partial charge < -0.3 is 19.1 Å². The minimum Gasteiger partial charge on any atom is -0.493 e. The number of rotatable bonds is 9. The molecule has 1 fully saturated rings. The van der Waals surface area contributed by atoms with Crippen LogP contribution in [0.3, 0.4) is 0 Å². The first-order chi connectivity index (χ1) is 18.5.